The van der Waals surface area contributed by atoms with Crippen LogP contribution in [0.4, 0.5) is 11.4 Å². The van der Waals surface area contributed by atoms with E-state index in [1.165, 1.54) is 7.11 Å². The zero-order valence-corrected chi connectivity index (χ0v) is 15.7. The van der Waals surface area contributed by atoms with Crippen LogP contribution in [0.2, 0.25) is 5.02 Å². The van der Waals surface area contributed by atoms with Gasteiger partial charge in [0.05, 0.1) is 25.4 Å². The molecule has 0 aliphatic rings. The lowest BCUT2D eigenvalue weighted by Gasteiger charge is -2.23. The maximum atomic E-state index is 12.3. The van der Waals surface area contributed by atoms with Crippen LogP contribution in [0.5, 0.6) is 5.75 Å². The average molecular weight is 376 g/mol. The first-order chi connectivity index (χ1) is 12.4. The summed E-state index contributed by atoms with van der Waals surface area (Å²) in [6, 6.07) is 13.7. The quantitative estimate of drug-likeness (QED) is 0.779. The van der Waals surface area contributed by atoms with Crippen molar-refractivity contribution in [2.24, 2.45) is 0 Å². The zero-order valence-electron chi connectivity index (χ0n) is 15.0. The zero-order chi connectivity index (χ0) is 19.1. The summed E-state index contributed by atoms with van der Waals surface area (Å²) in [7, 11) is 3.23. The van der Waals surface area contributed by atoms with E-state index in [0.717, 1.165) is 0 Å². The number of nitrogens with one attached hydrogen (secondary N) is 2. The van der Waals surface area contributed by atoms with Crippen molar-refractivity contribution in [2.45, 2.75) is 13.0 Å². The van der Waals surface area contributed by atoms with Gasteiger partial charge in [-0.05, 0) is 44.3 Å². The van der Waals surface area contributed by atoms with Crippen LogP contribution < -0.4 is 15.4 Å². The van der Waals surface area contributed by atoms with Gasteiger partial charge in [-0.2, -0.15) is 0 Å². The van der Waals surface area contributed by atoms with Crippen LogP contribution in [0.1, 0.15) is 6.92 Å². The van der Waals surface area contributed by atoms with Crippen molar-refractivity contribution in [1.82, 2.24) is 4.90 Å². The SMILES string of the molecule is COc1ccc(Cl)cc1NC(=O)CN(C)C(C)C(=O)Nc1ccccc1. The Morgan fingerprint density at radius 3 is 2.50 bits per heavy atom. The Hall–Kier alpha value is -2.57. The second kappa shape index (κ2) is 9.22. The third-order valence-corrected chi connectivity index (χ3v) is 4.15. The van der Waals surface area contributed by atoms with Crippen LogP contribution in [0.15, 0.2) is 48.5 Å². The predicted octanol–water partition coefficient (Wildman–Crippen LogP) is 3.25. The van der Waals surface area contributed by atoms with E-state index in [2.05, 4.69) is 10.6 Å². The number of hydrogen-bond acceptors (Lipinski definition) is 4. The van der Waals surface area contributed by atoms with Crippen LogP contribution in [-0.2, 0) is 9.59 Å². The van der Waals surface area contributed by atoms with E-state index in [9.17, 15) is 9.59 Å². The van der Waals surface area contributed by atoms with Gasteiger partial charge in [0.2, 0.25) is 11.8 Å². The average Bonchev–Trinajstić information content (AvgIpc) is 2.62. The first-order valence-electron chi connectivity index (χ1n) is 8.10. The van der Waals surface area contributed by atoms with E-state index in [1.54, 1.807) is 37.1 Å². The molecule has 7 heteroatoms. The van der Waals surface area contributed by atoms with Crippen molar-refractivity contribution in [3.63, 3.8) is 0 Å². The number of carbonyl (C=O) groups excluding carboxylic acids is 2. The summed E-state index contributed by atoms with van der Waals surface area (Å²) in [6.07, 6.45) is 0. The Labute approximate surface area is 158 Å². The van der Waals surface area contributed by atoms with Crippen molar-refractivity contribution in [2.75, 3.05) is 31.3 Å². The minimum Gasteiger partial charge on any atom is -0.495 e. The molecule has 0 spiro atoms. The molecule has 26 heavy (non-hydrogen) atoms. The molecule has 2 aromatic rings. The molecule has 2 aromatic carbocycles. The number of benzene rings is 2. The molecule has 2 amide bonds. The molecule has 6 nitrogen and oxygen atoms in total. The van der Waals surface area contributed by atoms with Gasteiger partial charge in [-0.3, -0.25) is 14.5 Å². The highest BCUT2D eigenvalue weighted by atomic mass is 35.5. The largest absolute Gasteiger partial charge is 0.495 e. The molecule has 0 aliphatic heterocycles. The van der Waals surface area contributed by atoms with E-state index in [4.69, 9.17) is 16.3 Å². The molecule has 0 radical (unpaired) electrons. The highest BCUT2D eigenvalue weighted by Crippen LogP contribution is 2.27. The van der Waals surface area contributed by atoms with E-state index in [1.807, 2.05) is 30.3 Å². The second-order valence-corrected chi connectivity index (χ2v) is 6.28. The van der Waals surface area contributed by atoms with E-state index < -0.39 is 6.04 Å². The summed E-state index contributed by atoms with van der Waals surface area (Å²) < 4.78 is 5.21. The summed E-state index contributed by atoms with van der Waals surface area (Å²) in [5, 5.41) is 6.07. The number of hydrogen-bond donors (Lipinski definition) is 2. The Bertz CT molecular complexity index is 768. The lowest BCUT2D eigenvalue weighted by atomic mass is 10.2. The van der Waals surface area contributed by atoms with Gasteiger partial charge in [-0.25, -0.2) is 0 Å². The van der Waals surface area contributed by atoms with Gasteiger partial charge in [0.1, 0.15) is 5.75 Å². The Kier molecular flexibility index (Phi) is 7.00. The van der Waals surface area contributed by atoms with Gasteiger partial charge < -0.3 is 15.4 Å². The first kappa shape index (κ1) is 19.8. The van der Waals surface area contributed by atoms with Gasteiger partial charge in [-0.15, -0.1) is 0 Å². The second-order valence-electron chi connectivity index (χ2n) is 5.84. The number of anilines is 2. The molecule has 0 heterocycles. The summed E-state index contributed by atoms with van der Waals surface area (Å²) in [5.74, 6) is 0.0551. The minimum absolute atomic E-state index is 0.0407. The molecule has 0 saturated carbocycles. The van der Waals surface area contributed by atoms with Crippen molar-refractivity contribution in [1.29, 1.82) is 0 Å². The fourth-order valence-electron chi connectivity index (χ4n) is 2.30. The van der Waals surface area contributed by atoms with Crippen molar-refractivity contribution in [3.05, 3.63) is 53.6 Å². The lowest BCUT2D eigenvalue weighted by molar-refractivity contribution is -0.122. The molecule has 1 atom stereocenters. The molecule has 2 rings (SSSR count). The number of halogens is 1. The van der Waals surface area contributed by atoms with Crippen LogP contribution in [-0.4, -0.2) is 43.5 Å². The van der Waals surface area contributed by atoms with Crippen LogP contribution in [0, 0.1) is 0 Å². The molecule has 1 unspecified atom stereocenters. The van der Waals surface area contributed by atoms with Crippen molar-refractivity contribution in [3.8, 4) is 5.75 Å². The molecule has 138 valence electrons. The Balaban J connectivity index is 1.93. The van der Waals surface area contributed by atoms with Crippen LogP contribution >= 0.6 is 11.6 Å². The number of amides is 2. The number of ether oxygens (including phenoxy) is 1. The normalized spacial score (nSPS) is 11.7. The van der Waals surface area contributed by atoms with Crippen molar-refractivity contribution < 1.29 is 14.3 Å². The molecule has 0 aliphatic carbocycles. The third kappa shape index (κ3) is 5.47. The number of para-hydroxylation sites is 1. The van der Waals surface area contributed by atoms with Gasteiger partial charge in [-0.1, -0.05) is 29.8 Å². The van der Waals surface area contributed by atoms with Crippen LogP contribution in [0.25, 0.3) is 0 Å². The highest BCUT2D eigenvalue weighted by Gasteiger charge is 2.20. The Morgan fingerprint density at radius 1 is 1.15 bits per heavy atom. The topological polar surface area (TPSA) is 70.7 Å². The van der Waals surface area contributed by atoms with E-state index in [-0.39, 0.29) is 18.4 Å². The summed E-state index contributed by atoms with van der Waals surface area (Å²) >= 11 is 5.96. The highest BCUT2D eigenvalue weighted by molar-refractivity contribution is 6.31. The summed E-state index contributed by atoms with van der Waals surface area (Å²) in [4.78, 5) is 26.3. The third-order valence-electron chi connectivity index (χ3n) is 3.91. The molecule has 0 bridgehead atoms. The standard InChI is InChI=1S/C19H22ClN3O3/c1-13(19(25)21-15-7-5-4-6-8-15)23(2)12-18(24)22-16-11-14(20)9-10-17(16)26-3/h4-11,13H,12H2,1-3H3,(H,21,25)(H,22,24). The smallest absolute Gasteiger partial charge is 0.241 e. The number of rotatable bonds is 7. The number of nitrogens with zero attached hydrogens (tertiary/aromatic N) is 1. The fourth-order valence-corrected chi connectivity index (χ4v) is 2.47. The molecular formula is C19H22ClN3O3. The van der Waals surface area contributed by atoms with Crippen LogP contribution in [0.3, 0.4) is 0 Å². The van der Waals surface area contributed by atoms with E-state index in [0.29, 0.717) is 22.1 Å². The molecule has 0 fully saturated rings. The number of carbonyl (C=O) groups is 2. The fraction of sp³-hybridized carbons (Fsp3) is 0.263. The lowest BCUT2D eigenvalue weighted by Crippen LogP contribution is -2.43. The predicted molar refractivity (Wildman–Crippen MR) is 104 cm³/mol. The van der Waals surface area contributed by atoms with Crippen molar-refractivity contribution >= 4 is 34.8 Å². The maximum absolute atomic E-state index is 12.3. The number of methoxy groups -OCH3 is 1. The molecular weight excluding hydrogens is 354 g/mol. The summed E-state index contributed by atoms with van der Waals surface area (Å²) in [6.45, 7) is 1.78. The van der Waals surface area contributed by atoms with Gasteiger partial charge >= 0.3 is 0 Å². The van der Waals surface area contributed by atoms with Gasteiger partial charge in [0.15, 0.2) is 0 Å². The molecule has 2 N–H and O–H groups in total. The van der Waals surface area contributed by atoms with E-state index >= 15 is 0 Å². The maximum Gasteiger partial charge on any atom is 0.241 e. The summed E-state index contributed by atoms with van der Waals surface area (Å²) in [5.41, 5.74) is 1.20. The van der Waals surface area contributed by atoms with Gasteiger partial charge in [0, 0.05) is 10.7 Å². The Morgan fingerprint density at radius 2 is 1.85 bits per heavy atom. The van der Waals surface area contributed by atoms with Gasteiger partial charge in [0.25, 0.3) is 0 Å². The first-order valence-corrected chi connectivity index (χ1v) is 8.48. The minimum atomic E-state index is -0.484. The molecule has 0 saturated heterocycles. The number of likely N-dealkylation sites (N-methyl/N-ethyl adjacent to an activating group) is 1. The monoisotopic (exact) mass is 375 g/mol. The molecule has 0 aromatic heterocycles.